The van der Waals surface area contributed by atoms with E-state index >= 15 is 0 Å². The van der Waals surface area contributed by atoms with Crippen LogP contribution in [0.1, 0.15) is 32.6 Å². The molecule has 0 bridgehead atoms. The maximum atomic E-state index is 11.8. The molecule has 2 N–H and O–H groups in total. The van der Waals surface area contributed by atoms with Crippen LogP contribution in [0.3, 0.4) is 0 Å². The molecule has 4 heteroatoms. The molecule has 0 aromatic heterocycles. The van der Waals surface area contributed by atoms with E-state index in [9.17, 15) is 9.59 Å². The number of carboxylic acids is 1. The summed E-state index contributed by atoms with van der Waals surface area (Å²) >= 11 is 0. The summed E-state index contributed by atoms with van der Waals surface area (Å²) in [6, 6.07) is -0.820. The zero-order valence-electron chi connectivity index (χ0n) is 8.95. The summed E-state index contributed by atoms with van der Waals surface area (Å²) in [6.07, 6.45) is 5.05. The molecule has 0 aromatic rings. The number of carbonyl (C=O) groups excluding carboxylic acids is 1. The van der Waals surface area contributed by atoms with Gasteiger partial charge in [-0.2, -0.15) is 0 Å². The lowest BCUT2D eigenvalue weighted by Gasteiger charge is -2.40. The molecule has 1 rings (SSSR count). The third kappa shape index (κ3) is 2.37. The highest BCUT2D eigenvalue weighted by Gasteiger charge is 2.43. The van der Waals surface area contributed by atoms with E-state index in [4.69, 9.17) is 5.11 Å². The first-order valence-electron chi connectivity index (χ1n) is 5.16. The number of amides is 1. The lowest BCUT2D eigenvalue weighted by Crippen LogP contribution is -2.50. The average Bonchev–Trinajstić information content (AvgIpc) is 2.10. The molecule has 1 atom stereocenters. The second kappa shape index (κ2) is 4.47. The molecule has 0 aliphatic heterocycles. The fraction of sp³-hybridized carbons (Fsp3) is 0.636. The summed E-state index contributed by atoms with van der Waals surface area (Å²) in [5, 5.41) is 11.2. The van der Waals surface area contributed by atoms with E-state index in [1.807, 2.05) is 0 Å². The summed E-state index contributed by atoms with van der Waals surface area (Å²) in [6.45, 7) is 5.10. The Morgan fingerprint density at radius 3 is 2.53 bits per heavy atom. The Morgan fingerprint density at radius 1 is 1.60 bits per heavy atom. The quantitative estimate of drug-likeness (QED) is 0.674. The molecule has 4 nitrogen and oxygen atoms in total. The third-order valence-corrected chi connectivity index (χ3v) is 3.05. The summed E-state index contributed by atoms with van der Waals surface area (Å²) in [5.41, 5.74) is -0.383. The van der Waals surface area contributed by atoms with Gasteiger partial charge >= 0.3 is 5.97 Å². The standard InChI is InChI=1S/C11H17NO3/c1-3-5-11(6-4-7-11)10(15)12-8(2)9(13)14/h3,8H,1,4-7H2,2H3,(H,12,15)(H,13,14)/t8-/m0/s1. The van der Waals surface area contributed by atoms with Gasteiger partial charge in [-0.3, -0.25) is 9.59 Å². The first kappa shape index (κ1) is 11.8. The first-order valence-corrected chi connectivity index (χ1v) is 5.16. The van der Waals surface area contributed by atoms with Crippen LogP contribution >= 0.6 is 0 Å². The van der Waals surface area contributed by atoms with Gasteiger partial charge in [0.05, 0.1) is 5.41 Å². The van der Waals surface area contributed by atoms with Crippen LogP contribution in [0.15, 0.2) is 12.7 Å². The zero-order valence-corrected chi connectivity index (χ0v) is 8.95. The Morgan fingerprint density at radius 2 is 2.20 bits per heavy atom. The number of hydrogen-bond acceptors (Lipinski definition) is 2. The Kier molecular flexibility index (Phi) is 3.50. The van der Waals surface area contributed by atoms with Crippen molar-refractivity contribution in [1.82, 2.24) is 5.32 Å². The maximum absolute atomic E-state index is 11.8. The van der Waals surface area contributed by atoms with Gasteiger partial charge in [0.15, 0.2) is 0 Å². The number of allylic oxidation sites excluding steroid dienone is 1. The van der Waals surface area contributed by atoms with E-state index in [-0.39, 0.29) is 11.3 Å². The average molecular weight is 211 g/mol. The highest BCUT2D eigenvalue weighted by molar-refractivity contribution is 5.88. The van der Waals surface area contributed by atoms with Gasteiger partial charge < -0.3 is 10.4 Å². The number of aliphatic carboxylic acids is 1. The summed E-state index contributed by atoms with van der Waals surface area (Å²) in [5.74, 6) is -1.15. The third-order valence-electron chi connectivity index (χ3n) is 3.05. The second-order valence-corrected chi connectivity index (χ2v) is 4.16. The van der Waals surface area contributed by atoms with Crippen LogP contribution in [0.2, 0.25) is 0 Å². The second-order valence-electron chi connectivity index (χ2n) is 4.16. The first-order chi connectivity index (χ1) is 7.02. The number of nitrogens with one attached hydrogen (secondary N) is 1. The van der Waals surface area contributed by atoms with Crippen LogP contribution < -0.4 is 5.32 Å². The molecule has 15 heavy (non-hydrogen) atoms. The highest BCUT2D eigenvalue weighted by Crippen LogP contribution is 2.44. The van der Waals surface area contributed by atoms with Gasteiger partial charge in [0, 0.05) is 0 Å². The van der Waals surface area contributed by atoms with Crippen molar-refractivity contribution in [1.29, 1.82) is 0 Å². The van der Waals surface area contributed by atoms with Crippen LogP contribution in [-0.2, 0) is 9.59 Å². The largest absolute Gasteiger partial charge is 0.480 e. The molecule has 1 saturated carbocycles. The van der Waals surface area contributed by atoms with Gasteiger partial charge in [0.2, 0.25) is 5.91 Å². The molecular weight excluding hydrogens is 194 g/mol. The Hall–Kier alpha value is -1.32. The molecule has 0 saturated heterocycles. The highest BCUT2D eigenvalue weighted by atomic mass is 16.4. The topological polar surface area (TPSA) is 66.4 Å². The number of carbonyl (C=O) groups is 2. The van der Waals surface area contributed by atoms with Crippen molar-refractivity contribution in [3.63, 3.8) is 0 Å². The lowest BCUT2D eigenvalue weighted by molar-refractivity contribution is -0.145. The minimum absolute atomic E-state index is 0.149. The number of hydrogen-bond donors (Lipinski definition) is 2. The van der Waals surface area contributed by atoms with E-state index in [1.54, 1.807) is 6.08 Å². The summed E-state index contributed by atoms with van der Waals surface area (Å²) in [7, 11) is 0. The molecule has 1 aliphatic carbocycles. The minimum atomic E-state index is -1.00. The van der Waals surface area contributed by atoms with Gasteiger partial charge in [0.1, 0.15) is 6.04 Å². The molecule has 0 spiro atoms. The Balaban J connectivity index is 2.58. The fourth-order valence-electron chi connectivity index (χ4n) is 1.82. The Bertz CT molecular complexity index is 282. The summed E-state index contributed by atoms with van der Waals surface area (Å²) in [4.78, 5) is 22.4. The fourth-order valence-corrected chi connectivity index (χ4v) is 1.82. The van der Waals surface area contributed by atoms with E-state index < -0.39 is 12.0 Å². The van der Waals surface area contributed by atoms with Gasteiger partial charge in [-0.05, 0) is 26.2 Å². The molecule has 0 radical (unpaired) electrons. The Labute approximate surface area is 89.4 Å². The zero-order chi connectivity index (χ0) is 11.5. The monoisotopic (exact) mass is 211 g/mol. The van der Waals surface area contributed by atoms with Crippen LogP contribution in [0, 0.1) is 5.41 Å². The predicted molar refractivity (Wildman–Crippen MR) is 56.3 cm³/mol. The molecule has 0 heterocycles. The maximum Gasteiger partial charge on any atom is 0.325 e. The van der Waals surface area contributed by atoms with Crippen LogP contribution in [0.4, 0.5) is 0 Å². The van der Waals surface area contributed by atoms with Crippen molar-refractivity contribution >= 4 is 11.9 Å². The van der Waals surface area contributed by atoms with Crippen LogP contribution in [0.25, 0.3) is 0 Å². The van der Waals surface area contributed by atoms with Crippen molar-refractivity contribution in [2.75, 3.05) is 0 Å². The van der Waals surface area contributed by atoms with Crippen molar-refractivity contribution in [3.05, 3.63) is 12.7 Å². The molecule has 1 aliphatic rings. The van der Waals surface area contributed by atoms with Crippen molar-refractivity contribution in [2.24, 2.45) is 5.41 Å². The van der Waals surface area contributed by atoms with Crippen molar-refractivity contribution in [2.45, 2.75) is 38.6 Å². The van der Waals surface area contributed by atoms with Gasteiger partial charge in [-0.1, -0.05) is 12.5 Å². The number of carboxylic acid groups (broad SMARTS) is 1. The molecule has 84 valence electrons. The van der Waals surface area contributed by atoms with Crippen LogP contribution in [0.5, 0.6) is 0 Å². The van der Waals surface area contributed by atoms with Gasteiger partial charge in [-0.25, -0.2) is 0 Å². The van der Waals surface area contributed by atoms with E-state index in [0.717, 1.165) is 19.3 Å². The van der Waals surface area contributed by atoms with E-state index in [1.165, 1.54) is 6.92 Å². The van der Waals surface area contributed by atoms with Gasteiger partial charge in [-0.15, -0.1) is 6.58 Å². The molecule has 0 aromatic carbocycles. The number of rotatable bonds is 5. The predicted octanol–water partition coefficient (Wildman–Crippen LogP) is 1.32. The van der Waals surface area contributed by atoms with E-state index in [2.05, 4.69) is 11.9 Å². The minimum Gasteiger partial charge on any atom is -0.480 e. The molecule has 0 unspecified atom stereocenters. The molecule has 1 amide bonds. The van der Waals surface area contributed by atoms with Crippen molar-refractivity contribution < 1.29 is 14.7 Å². The normalized spacial score (nSPS) is 19.8. The van der Waals surface area contributed by atoms with Crippen LogP contribution in [-0.4, -0.2) is 23.0 Å². The lowest BCUT2D eigenvalue weighted by atomic mass is 9.66. The SMILES string of the molecule is C=CCC1(C(=O)N[C@@H](C)C(=O)O)CCC1. The van der Waals surface area contributed by atoms with Gasteiger partial charge in [0.25, 0.3) is 0 Å². The smallest absolute Gasteiger partial charge is 0.325 e. The van der Waals surface area contributed by atoms with E-state index in [0.29, 0.717) is 6.42 Å². The molecule has 1 fully saturated rings. The van der Waals surface area contributed by atoms with Crippen molar-refractivity contribution in [3.8, 4) is 0 Å². The molecular formula is C11H17NO3. The summed E-state index contributed by atoms with van der Waals surface area (Å²) < 4.78 is 0.